The van der Waals surface area contributed by atoms with Gasteiger partial charge in [-0.1, -0.05) is 17.7 Å². The average Bonchev–Trinajstić information content (AvgIpc) is 3.24. The molecular formula is C21H22ClF3N4O3. The third kappa shape index (κ3) is 4.86. The zero-order valence-corrected chi connectivity index (χ0v) is 18.0. The molecule has 0 aliphatic carbocycles. The maximum Gasteiger partial charge on any atom is 0.417 e. The topological polar surface area (TPSA) is 66.9 Å². The van der Waals surface area contributed by atoms with Gasteiger partial charge in [-0.3, -0.25) is 9.69 Å². The number of piperazine rings is 1. The first-order valence-corrected chi connectivity index (χ1v) is 10.5. The number of rotatable bonds is 5. The third-order valence-electron chi connectivity index (χ3n) is 5.59. The van der Waals surface area contributed by atoms with Gasteiger partial charge in [0.25, 0.3) is 0 Å². The number of amides is 1. The lowest BCUT2D eigenvalue weighted by atomic mass is 10.1. The fourth-order valence-electron chi connectivity index (χ4n) is 3.69. The molecule has 3 heterocycles. The summed E-state index contributed by atoms with van der Waals surface area (Å²) < 4.78 is 49.1. The number of hydrogen-bond donors (Lipinski definition) is 1. The highest BCUT2D eigenvalue weighted by molar-refractivity contribution is 6.33. The quantitative estimate of drug-likeness (QED) is 0.723. The molecule has 2 aliphatic rings. The van der Waals surface area contributed by atoms with E-state index in [1.165, 1.54) is 0 Å². The first-order valence-electron chi connectivity index (χ1n) is 10.1. The molecule has 1 atom stereocenters. The van der Waals surface area contributed by atoms with Gasteiger partial charge in [-0.2, -0.15) is 13.2 Å². The van der Waals surface area contributed by atoms with Crippen molar-refractivity contribution in [1.82, 2.24) is 15.2 Å². The van der Waals surface area contributed by atoms with Gasteiger partial charge in [0.15, 0.2) is 11.5 Å². The molecule has 7 nitrogen and oxygen atoms in total. The molecule has 4 rings (SSSR count). The molecule has 172 valence electrons. The molecule has 1 unspecified atom stereocenters. The smallest absolute Gasteiger partial charge is 0.417 e. The summed E-state index contributed by atoms with van der Waals surface area (Å²) in [4.78, 5) is 20.4. The normalized spacial score (nSPS) is 17.3. The van der Waals surface area contributed by atoms with E-state index in [9.17, 15) is 18.0 Å². The van der Waals surface area contributed by atoms with Crippen LogP contribution in [0.1, 0.15) is 18.1 Å². The summed E-state index contributed by atoms with van der Waals surface area (Å²) in [6, 6.07) is 6.06. The van der Waals surface area contributed by atoms with Crippen LogP contribution in [0.25, 0.3) is 0 Å². The Morgan fingerprint density at radius 3 is 2.59 bits per heavy atom. The molecule has 1 amide bonds. The minimum atomic E-state index is -4.49. The number of alkyl halides is 3. The van der Waals surface area contributed by atoms with E-state index in [-0.39, 0.29) is 23.8 Å². The third-order valence-corrected chi connectivity index (χ3v) is 5.87. The molecule has 1 fully saturated rings. The van der Waals surface area contributed by atoms with Crippen molar-refractivity contribution in [3.05, 3.63) is 46.6 Å². The van der Waals surface area contributed by atoms with Crippen LogP contribution in [0.5, 0.6) is 11.5 Å². The average molecular weight is 471 g/mol. The number of carbonyl (C=O) groups is 1. The fourth-order valence-corrected chi connectivity index (χ4v) is 3.98. The zero-order chi connectivity index (χ0) is 22.9. The largest absolute Gasteiger partial charge is 0.454 e. The number of hydrogen-bond acceptors (Lipinski definition) is 6. The number of benzene rings is 1. The molecule has 1 N–H and O–H groups in total. The van der Waals surface area contributed by atoms with Gasteiger partial charge in [0.2, 0.25) is 12.7 Å². The minimum absolute atomic E-state index is 0.0391. The predicted octanol–water partition coefficient (Wildman–Crippen LogP) is 3.31. The van der Waals surface area contributed by atoms with Gasteiger partial charge in [-0.05, 0) is 30.7 Å². The molecule has 1 saturated heterocycles. The van der Waals surface area contributed by atoms with Gasteiger partial charge in [-0.15, -0.1) is 0 Å². The molecule has 11 heteroatoms. The van der Waals surface area contributed by atoms with Crippen molar-refractivity contribution in [2.75, 3.05) is 37.9 Å². The van der Waals surface area contributed by atoms with E-state index in [0.29, 0.717) is 50.0 Å². The number of halogens is 4. The summed E-state index contributed by atoms with van der Waals surface area (Å²) in [5.74, 6) is 1.56. The molecule has 1 aromatic heterocycles. The second-order valence-electron chi connectivity index (χ2n) is 7.63. The monoisotopic (exact) mass is 470 g/mol. The van der Waals surface area contributed by atoms with Crippen LogP contribution in [0, 0.1) is 0 Å². The molecular weight excluding hydrogens is 449 g/mol. The Hall–Kier alpha value is -2.72. The van der Waals surface area contributed by atoms with Crippen molar-refractivity contribution in [2.24, 2.45) is 0 Å². The van der Waals surface area contributed by atoms with Gasteiger partial charge >= 0.3 is 6.18 Å². The number of nitrogens with zero attached hydrogens (tertiary/aromatic N) is 3. The van der Waals surface area contributed by atoms with Gasteiger partial charge < -0.3 is 19.7 Å². The maximum absolute atomic E-state index is 12.8. The Morgan fingerprint density at radius 1 is 1.19 bits per heavy atom. The van der Waals surface area contributed by atoms with E-state index >= 15 is 0 Å². The number of aromatic nitrogens is 1. The predicted molar refractivity (Wildman–Crippen MR) is 112 cm³/mol. The van der Waals surface area contributed by atoms with Gasteiger partial charge in [0, 0.05) is 38.9 Å². The summed E-state index contributed by atoms with van der Waals surface area (Å²) in [7, 11) is 0. The van der Waals surface area contributed by atoms with Crippen molar-refractivity contribution in [3.63, 3.8) is 0 Å². The zero-order valence-electron chi connectivity index (χ0n) is 17.3. The first-order chi connectivity index (χ1) is 15.2. The Morgan fingerprint density at radius 2 is 1.91 bits per heavy atom. The fraction of sp³-hybridized carbons (Fsp3) is 0.429. The van der Waals surface area contributed by atoms with E-state index in [1.54, 1.807) is 0 Å². The lowest BCUT2D eigenvalue weighted by Gasteiger charge is -2.38. The summed E-state index contributed by atoms with van der Waals surface area (Å²) >= 11 is 6.05. The van der Waals surface area contributed by atoms with Gasteiger partial charge in [0.05, 0.1) is 16.6 Å². The Kier molecular flexibility index (Phi) is 6.34. The van der Waals surface area contributed by atoms with E-state index in [4.69, 9.17) is 21.1 Å². The second kappa shape index (κ2) is 9.03. The van der Waals surface area contributed by atoms with Crippen LogP contribution < -0.4 is 19.7 Å². The van der Waals surface area contributed by atoms with Crippen LogP contribution in [0.4, 0.5) is 19.0 Å². The standard InChI is InChI=1S/C21H22ClF3N4O3/c1-13(20(30)27-10-14-2-3-17-18(8-14)32-12-31-17)28-4-6-29(7-5-28)19-16(22)9-15(11-26-19)21(23,24)25/h2-3,8-9,11,13H,4-7,10,12H2,1H3,(H,27,30). The van der Waals surface area contributed by atoms with E-state index in [2.05, 4.69) is 10.3 Å². The van der Waals surface area contributed by atoms with Crippen LogP contribution in [0.2, 0.25) is 5.02 Å². The van der Waals surface area contributed by atoms with Crippen molar-refractivity contribution in [3.8, 4) is 11.5 Å². The Balaban J connectivity index is 1.29. The van der Waals surface area contributed by atoms with Crippen LogP contribution in [0.3, 0.4) is 0 Å². The van der Waals surface area contributed by atoms with Crippen molar-refractivity contribution >= 4 is 23.3 Å². The van der Waals surface area contributed by atoms with Crippen molar-refractivity contribution in [2.45, 2.75) is 25.7 Å². The summed E-state index contributed by atoms with van der Waals surface area (Å²) in [6.45, 7) is 4.49. The van der Waals surface area contributed by atoms with Crippen LogP contribution in [-0.4, -0.2) is 54.8 Å². The number of nitrogens with one attached hydrogen (secondary N) is 1. The lowest BCUT2D eigenvalue weighted by molar-refractivity contribution is -0.137. The Bertz CT molecular complexity index is 997. The number of fused-ring (bicyclic) bond motifs is 1. The SMILES string of the molecule is CC(C(=O)NCc1ccc2c(c1)OCO2)N1CCN(c2ncc(C(F)(F)F)cc2Cl)CC1. The minimum Gasteiger partial charge on any atom is -0.454 e. The number of carbonyl (C=O) groups excluding carboxylic acids is 1. The molecule has 2 aliphatic heterocycles. The Labute approximate surface area is 188 Å². The molecule has 0 spiro atoms. The molecule has 0 radical (unpaired) electrons. The van der Waals surface area contributed by atoms with E-state index in [1.807, 2.05) is 34.9 Å². The highest BCUT2D eigenvalue weighted by atomic mass is 35.5. The summed E-state index contributed by atoms with van der Waals surface area (Å²) in [6.07, 6.45) is -3.70. The van der Waals surface area contributed by atoms with Crippen LogP contribution in [-0.2, 0) is 17.5 Å². The van der Waals surface area contributed by atoms with Gasteiger partial charge in [0.1, 0.15) is 5.82 Å². The maximum atomic E-state index is 12.8. The first kappa shape index (κ1) is 22.5. The lowest BCUT2D eigenvalue weighted by Crippen LogP contribution is -2.54. The van der Waals surface area contributed by atoms with Crippen LogP contribution in [0.15, 0.2) is 30.5 Å². The van der Waals surface area contributed by atoms with Crippen molar-refractivity contribution in [1.29, 1.82) is 0 Å². The van der Waals surface area contributed by atoms with Crippen molar-refractivity contribution < 1.29 is 27.4 Å². The van der Waals surface area contributed by atoms with E-state index in [0.717, 1.165) is 17.8 Å². The number of ether oxygens (including phenoxy) is 2. The van der Waals surface area contributed by atoms with Gasteiger partial charge in [-0.25, -0.2) is 4.98 Å². The second-order valence-corrected chi connectivity index (χ2v) is 8.04. The van der Waals surface area contributed by atoms with Crippen LogP contribution >= 0.6 is 11.6 Å². The van der Waals surface area contributed by atoms with E-state index < -0.39 is 11.7 Å². The molecule has 0 saturated carbocycles. The summed E-state index contributed by atoms with van der Waals surface area (Å²) in [5, 5.41) is 2.89. The summed E-state index contributed by atoms with van der Waals surface area (Å²) in [5.41, 5.74) is 0.0280. The number of anilines is 1. The highest BCUT2D eigenvalue weighted by Crippen LogP contribution is 2.34. The highest BCUT2D eigenvalue weighted by Gasteiger charge is 2.33. The molecule has 2 aromatic rings. The molecule has 1 aromatic carbocycles. The number of pyridine rings is 1. The molecule has 32 heavy (non-hydrogen) atoms. The molecule has 0 bridgehead atoms.